The first-order chi connectivity index (χ1) is 13.1. The van der Waals surface area contributed by atoms with Crippen molar-refractivity contribution in [2.75, 3.05) is 11.9 Å². The molecular weight excluding hydrogens is 366 g/mol. The van der Waals surface area contributed by atoms with Gasteiger partial charge in [0.25, 0.3) is 0 Å². The van der Waals surface area contributed by atoms with Crippen molar-refractivity contribution in [1.29, 1.82) is 0 Å². The third-order valence-electron chi connectivity index (χ3n) is 4.90. The van der Waals surface area contributed by atoms with Crippen LogP contribution in [0.3, 0.4) is 0 Å². The lowest BCUT2D eigenvalue weighted by Gasteiger charge is -2.41. The van der Waals surface area contributed by atoms with Gasteiger partial charge in [-0.1, -0.05) is 30.3 Å². The molecule has 0 spiro atoms. The fourth-order valence-corrected chi connectivity index (χ4v) is 3.46. The van der Waals surface area contributed by atoms with Gasteiger partial charge in [-0.15, -0.1) is 0 Å². The number of anilines is 1. The van der Waals surface area contributed by atoms with Crippen LogP contribution in [0, 0.1) is 0 Å². The van der Waals surface area contributed by atoms with E-state index in [0.29, 0.717) is 0 Å². The summed E-state index contributed by atoms with van der Waals surface area (Å²) in [7, 11) is 1.99. The number of hydrogen-bond acceptors (Lipinski definition) is 5. The lowest BCUT2D eigenvalue weighted by Crippen LogP contribution is -2.53. The summed E-state index contributed by atoms with van der Waals surface area (Å²) in [5, 5.41) is 4.06. The van der Waals surface area contributed by atoms with Gasteiger partial charge in [0.2, 0.25) is 5.28 Å². The van der Waals surface area contributed by atoms with Crippen LogP contribution in [0.1, 0.15) is 18.4 Å². The summed E-state index contributed by atoms with van der Waals surface area (Å²) >= 11 is 6.03. The van der Waals surface area contributed by atoms with E-state index < -0.39 is 0 Å². The molecule has 1 aliphatic rings. The second-order valence-corrected chi connectivity index (χ2v) is 7.03. The lowest BCUT2D eigenvalue weighted by molar-refractivity contribution is 0.127. The molecule has 2 N–H and O–H groups in total. The zero-order valence-electron chi connectivity index (χ0n) is 14.9. The van der Waals surface area contributed by atoms with E-state index in [-0.39, 0.29) is 30.1 Å². The molecule has 1 fully saturated rings. The van der Waals surface area contributed by atoms with Crippen molar-refractivity contribution in [3.8, 4) is 0 Å². The maximum absolute atomic E-state index is 12.0. The zero-order chi connectivity index (χ0) is 18.8. The summed E-state index contributed by atoms with van der Waals surface area (Å²) in [6.45, 7) is 0.271. The Bertz CT molecular complexity index is 940. The van der Waals surface area contributed by atoms with Gasteiger partial charge in [0.05, 0.1) is 5.39 Å². The van der Waals surface area contributed by atoms with Gasteiger partial charge in [-0.3, -0.25) is 0 Å². The first-order valence-corrected chi connectivity index (χ1v) is 9.18. The number of nitrogens with zero attached hydrogens (tertiary/aromatic N) is 3. The molecule has 2 aromatic heterocycles. The highest BCUT2D eigenvalue weighted by atomic mass is 35.5. The van der Waals surface area contributed by atoms with Gasteiger partial charge in [-0.2, -0.15) is 9.97 Å². The summed E-state index contributed by atoms with van der Waals surface area (Å²) < 4.78 is 5.27. The molecule has 0 aliphatic heterocycles. The van der Waals surface area contributed by atoms with Crippen LogP contribution in [0.15, 0.2) is 42.6 Å². The van der Waals surface area contributed by atoms with Crippen molar-refractivity contribution in [2.24, 2.45) is 0 Å². The van der Waals surface area contributed by atoms with Crippen molar-refractivity contribution >= 4 is 34.5 Å². The summed E-state index contributed by atoms with van der Waals surface area (Å²) in [4.78, 5) is 25.7. The molecule has 0 saturated heterocycles. The number of rotatable bonds is 5. The highest BCUT2D eigenvalue weighted by Crippen LogP contribution is 2.32. The van der Waals surface area contributed by atoms with Crippen LogP contribution in [-0.4, -0.2) is 40.2 Å². The van der Waals surface area contributed by atoms with E-state index >= 15 is 0 Å². The predicted molar refractivity (Wildman–Crippen MR) is 104 cm³/mol. The average Bonchev–Trinajstić information content (AvgIpc) is 3.10. The van der Waals surface area contributed by atoms with E-state index in [1.807, 2.05) is 49.6 Å². The Morgan fingerprint density at radius 1 is 1.30 bits per heavy atom. The Labute approximate surface area is 161 Å². The maximum atomic E-state index is 12.0. The molecule has 7 nitrogen and oxygen atoms in total. The summed E-state index contributed by atoms with van der Waals surface area (Å²) in [5.74, 6) is 0.793. The number of H-pyrrole nitrogens is 1. The van der Waals surface area contributed by atoms with Crippen molar-refractivity contribution in [2.45, 2.75) is 31.5 Å². The van der Waals surface area contributed by atoms with Gasteiger partial charge >= 0.3 is 6.09 Å². The molecule has 27 heavy (non-hydrogen) atoms. The van der Waals surface area contributed by atoms with Gasteiger partial charge in [0.1, 0.15) is 18.1 Å². The molecule has 140 valence electrons. The Hall–Kier alpha value is -2.80. The number of halogens is 1. The van der Waals surface area contributed by atoms with Crippen molar-refractivity contribution < 1.29 is 9.53 Å². The van der Waals surface area contributed by atoms with E-state index in [0.717, 1.165) is 35.3 Å². The molecule has 0 radical (unpaired) electrons. The van der Waals surface area contributed by atoms with E-state index in [4.69, 9.17) is 16.3 Å². The quantitative estimate of drug-likeness (QED) is 0.657. The molecule has 1 aliphatic carbocycles. The van der Waals surface area contributed by atoms with Gasteiger partial charge in [-0.05, 0) is 36.1 Å². The SMILES string of the molecule is CN(c1nc(Cl)nc2[nH]ccc12)C1CC(NC(=O)OCc2ccccc2)C1. The van der Waals surface area contributed by atoms with Gasteiger partial charge < -0.3 is 19.9 Å². The monoisotopic (exact) mass is 385 g/mol. The Balaban J connectivity index is 1.30. The number of hydrogen-bond donors (Lipinski definition) is 2. The van der Waals surface area contributed by atoms with Crippen molar-refractivity contribution in [1.82, 2.24) is 20.3 Å². The molecule has 1 saturated carbocycles. The molecular formula is C19H20ClN5O2. The number of aromatic nitrogens is 3. The van der Waals surface area contributed by atoms with Crippen molar-refractivity contribution in [3.63, 3.8) is 0 Å². The first-order valence-electron chi connectivity index (χ1n) is 8.81. The largest absolute Gasteiger partial charge is 0.445 e. The molecule has 2 heterocycles. The Kier molecular flexibility index (Phi) is 4.85. The minimum Gasteiger partial charge on any atom is -0.445 e. The highest BCUT2D eigenvalue weighted by Gasteiger charge is 2.34. The van der Waals surface area contributed by atoms with E-state index in [2.05, 4.69) is 25.2 Å². The number of carbonyl (C=O) groups excluding carboxylic acids is 1. The summed E-state index contributed by atoms with van der Waals surface area (Å²) in [5.41, 5.74) is 1.69. The number of carbonyl (C=O) groups is 1. The van der Waals surface area contributed by atoms with Gasteiger partial charge in [0, 0.05) is 25.3 Å². The zero-order valence-corrected chi connectivity index (χ0v) is 15.6. The number of amides is 1. The number of ether oxygens (including phenoxy) is 1. The van der Waals surface area contributed by atoms with E-state index in [9.17, 15) is 4.79 Å². The normalized spacial score (nSPS) is 18.7. The number of nitrogens with one attached hydrogen (secondary N) is 2. The third kappa shape index (κ3) is 3.83. The van der Waals surface area contributed by atoms with Crippen LogP contribution in [0.5, 0.6) is 0 Å². The topological polar surface area (TPSA) is 83.1 Å². The smallest absolute Gasteiger partial charge is 0.407 e. The summed E-state index contributed by atoms with van der Waals surface area (Å²) in [6.07, 6.45) is 3.08. The van der Waals surface area contributed by atoms with Crippen LogP contribution in [0.25, 0.3) is 11.0 Å². The Morgan fingerprint density at radius 3 is 2.85 bits per heavy atom. The third-order valence-corrected chi connectivity index (χ3v) is 5.07. The molecule has 1 amide bonds. The number of fused-ring (bicyclic) bond motifs is 1. The highest BCUT2D eigenvalue weighted by molar-refractivity contribution is 6.28. The molecule has 8 heteroatoms. The Morgan fingerprint density at radius 2 is 2.07 bits per heavy atom. The molecule has 0 bridgehead atoms. The molecule has 0 unspecified atom stereocenters. The van der Waals surface area contributed by atoms with Gasteiger partial charge in [-0.25, -0.2) is 4.79 Å². The lowest BCUT2D eigenvalue weighted by atomic mass is 9.85. The molecule has 3 aromatic rings. The second-order valence-electron chi connectivity index (χ2n) is 6.70. The van der Waals surface area contributed by atoms with Crippen LogP contribution < -0.4 is 10.2 Å². The second kappa shape index (κ2) is 7.44. The average molecular weight is 386 g/mol. The standard InChI is InChI=1S/C19H20ClN5O2/c1-25(17-15-7-8-21-16(15)23-18(20)24-17)14-9-13(10-14)22-19(26)27-11-12-5-3-2-4-6-12/h2-8,13-14H,9-11H2,1H3,(H,22,26)(H,21,23,24). The van der Waals surface area contributed by atoms with E-state index in [1.54, 1.807) is 0 Å². The molecule has 0 atom stereocenters. The predicted octanol–water partition coefficient (Wildman–Crippen LogP) is 3.50. The maximum Gasteiger partial charge on any atom is 0.407 e. The number of alkyl carbamates (subject to hydrolysis) is 1. The van der Waals surface area contributed by atoms with Crippen molar-refractivity contribution in [3.05, 3.63) is 53.4 Å². The number of benzene rings is 1. The van der Waals surface area contributed by atoms with Gasteiger partial charge in [0.15, 0.2) is 0 Å². The van der Waals surface area contributed by atoms with Crippen LogP contribution in [-0.2, 0) is 11.3 Å². The van der Waals surface area contributed by atoms with Crippen LogP contribution >= 0.6 is 11.6 Å². The fraction of sp³-hybridized carbons (Fsp3) is 0.316. The van der Waals surface area contributed by atoms with E-state index in [1.165, 1.54) is 0 Å². The number of aromatic amines is 1. The van der Waals surface area contributed by atoms with Crippen LogP contribution in [0.4, 0.5) is 10.6 Å². The fourth-order valence-electron chi connectivity index (χ4n) is 3.29. The first kappa shape index (κ1) is 17.6. The minimum atomic E-state index is -0.386. The molecule has 1 aromatic carbocycles. The van der Waals surface area contributed by atoms with Crippen LogP contribution in [0.2, 0.25) is 5.28 Å². The summed E-state index contributed by atoms with van der Waals surface area (Å²) in [6, 6.07) is 11.9. The molecule has 4 rings (SSSR count). The minimum absolute atomic E-state index is 0.0970.